The van der Waals surface area contributed by atoms with Gasteiger partial charge in [-0.3, -0.25) is 0 Å². The van der Waals surface area contributed by atoms with E-state index in [0.29, 0.717) is 18.1 Å². The second-order valence-electron chi connectivity index (χ2n) is 8.37. The monoisotopic (exact) mass is 530 g/mol. The number of hydrogen-bond acceptors (Lipinski definition) is 4. The maximum absolute atomic E-state index is 13.1. The van der Waals surface area contributed by atoms with Gasteiger partial charge in [0.15, 0.2) is 0 Å². The maximum atomic E-state index is 13.1. The van der Waals surface area contributed by atoms with Gasteiger partial charge in [-0.15, -0.1) is 6.54 Å². The van der Waals surface area contributed by atoms with Gasteiger partial charge in [-0.05, 0) is 62.5 Å². The van der Waals surface area contributed by atoms with Crippen molar-refractivity contribution < 1.29 is 30.7 Å². The Morgan fingerprint density at radius 2 is 1.46 bits per heavy atom. The first-order valence-electron chi connectivity index (χ1n) is 11.0. The van der Waals surface area contributed by atoms with Crippen molar-refractivity contribution in [1.29, 1.82) is 0 Å². The van der Waals surface area contributed by atoms with Crippen molar-refractivity contribution in [3.8, 4) is 11.1 Å². The number of likely N-dealkylation sites (N-methyl/N-ethyl adjacent to an activating group) is 1. The fourth-order valence-corrected chi connectivity index (χ4v) is 3.19. The third-order valence-corrected chi connectivity index (χ3v) is 4.98. The van der Waals surface area contributed by atoms with Gasteiger partial charge < -0.3 is 15.5 Å². The highest BCUT2D eigenvalue weighted by atomic mass is 19.4. The minimum atomic E-state index is -4.80. The zero-order valence-corrected chi connectivity index (χ0v) is 20.7. The molecule has 0 amide bonds. The number of aromatic nitrogens is 2. The van der Waals surface area contributed by atoms with Gasteiger partial charge in [0.2, 0.25) is 5.95 Å². The number of nitrogens with one attached hydrogen (secondary N) is 1. The van der Waals surface area contributed by atoms with Gasteiger partial charge in [-0.25, -0.2) is 14.4 Å². The molecule has 3 rings (SSSR count). The van der Waals surface area contributed by atoms with Crippen LogP contribution < -0.4 is 5.32 Å². The standard InChI is InChI=1S/C15H19FN4.C10H8F6N/c1-11-8-13(16)4-5-14(11)12-9-18-15(19-10-12)17-6-7-20(2)3;1-17-5-6-2-7(9(11,12)13)4-8(3-6)10(14,15)16/h4-5,8-10H,6-7H2,1-3H3,(H,17,18,19);2-4H,5H2,1H3/q;-1. The second-order valence-corrected chi connectivity index (χ2v) is 8.37. The van der Waals surface area contributed by atoms with Crippen LogP contribution in [0.2, 0.25) is 0 Å². The quantitative estimate of drug-likeness (QED) is 0.342. The molecule has 0 saturated heterocycles. The number of anilines is 1. The van der Waals surface area contributed by atoms with Gasteiger partial charge >= 0.3 is 12.4 Å². The second kappa shape index (κ2) is 12.8. The van der Waals surface area contributed by atoms with Crippen LogP contribution in [0.4, 0.5) is 36.7 Å². The molecule has 5 nitrogen and oxygen atoms in total. The van der Waals surface area contributed by atoms with E-state index in [1.807, 2.05) is 21.0 Å². The Labute approximate surface area is 210 Å². The Bertz CT molecular complexity index is 1110. The summed E-state index contributed by atoms with van der Waals surface area (Å²) in [7, 11) is 5.35. The number of benzene rings is 2. The largest absolute Gasteiger partial charge is 0.661 e. The third-order valence-electron chi connectivity index (χ3n) is 4.98. The zero-order valence-electron chi connectivity index (χ0n) is 20.7. The van der Waals surface area contributed by atoms with Crippen LogP contribution >= 0.6 is 0 Å². The Balaban J connectivity index is 0.000000264. The van der Waals surface area contributed by atoms with Crippen LogP contribution in [-0.2, 0) is 18.9 Å². The Morgan fingerprint density at radius 3 is 1.92 bits per heavy atom. The van der Waals surface area contributed by atoms with Crippen molar-refractivity contribution in [2.45, 2.75) is 25.8 Å². The van der Waals surface area contributed by atoms with Gasteiger partial charge in [-0.2, -0.15) is 33.4 Å². The Morgan fingerprint density at radius 1 is 0.892 bits per heavy atom. The lowest BCUT2D eigenvalue weighted by Crippen LogP contribution is -2.21. The SMILES string of the molecule is C[N-]Cc1cc(C(F)(F)F)cc(C(F)(F)F)c1.Cc1cc(F)ccc1-c1cnc(NCCN(C)C)nc1. The molecule has 0 unspecified atom stereocenters. The van der Waals surface area contributed by atoms with E-state index in [1.165, 1.54) is 19.2 Å². The molecule has 1 aromatic heterocycles. The molecule has 0 fully saturated rings. The molecule has 3 aromatic rings. The lowest BCUT2D eigenvalue weighted by atomic mass is 10.0. The number of alkyl halides is 6. The molecule has 2 aromatic carbocycles. The molecule has 202 valence electrons. The molecule has 1 heterocycles. The summed E-state index contributed by atoms with van der Waals surface area (Å²) in [4.78, 5) is 10.6. The fraction of sp³-hybridized carbons (Fsp3) is 0.360. The number of rotatable bonds is 7. The highest BCUT2D eigenvalue weighted by Gasteiger charge is 2.36. The smallest absolute Gasteiger partial charge is 0.416 e. The average molecular weight is 531 g/mol. The number of halogens is 7. The summed E-state index contributed by atoms with van der Waals surface area (Å²) in [5.41, 5.74) is -0.0274. The van der Waals surface area contributed by atoms with Crippen molar-refractivity contribution in [2.24, 2.45) is 0 Å². The highest BCUT2D eigenvalue weighted by Crippen LogP contribution is 2.36. The predicted octanol–water partition coefficient (Wildman–Crippen LogP) is 6.79. The van der Waals surface area contributed by atoms with E-state index in [-0.39, 0.29) is 24.0 Å². The van der Waals surface area contributed by atoms with E-state index >= 15 is 0 Å². The van der Waals surface area contributed by atoms with Crippen LogP contribution in [0, 0.1) is 12.7 Å². The van der Waals surface area contributed by atoms with Crippen molar-refractivity contribution >= 4 is 5.95 Å². The average Bonchev–Trinajstić information content (AvgIpc) is 2.79. The lowest BCUT2D eigenvalue weighted by Gasteiger charge is -2.17. The summed E-state index contributed by atoms with van der Waals surface area (Å²) in [5.74, 6) is 0.379. The number of nitrogens with zero attached hydrogens (tertiary/aromatic N) is 4. The van der Waals surface area contributed by atoms with Gasteiger partial charge in [0.25, 0.3) is 0 Å². The Kier molecular flexibility index (Phi) is 10.4. The van der Waals surface area contributed by atoms with Crippen molar-refractivity contribution in [3.05, 3.63) is 82.2 Å². The molecule has 12 heteroatoms. The molecular weight excluding hydrogens is 503 g/mol. The topological polar surface area (TPSA) is 55.2 Å². The van der Waals surface area contributed by atoms with Crippen molar-refractivity contribution in [3.63, 3.8) is 0 Å². The first-order valence-corrected chi connectivity index (χ1v) is 11.0. The third kappa shape index (κ3) is 9.62. The van der Waals surface area contributed by atoms with E-state index in [4.69, 9.17) is 0 Å². The van der Waals surface area contributed by atoms with Crippen molar-refractivity contribution in [2.75, 3.05) is 39.5 Å². The minimum Gasteiger partial charge on any atom is -0.661 e. The van der Waals surface area contributed by atoms with Gasteiger partial charge in [-0.1, -0.05) is 11.6 Å². The van der Waals surface area contributed by atoms with Crippen LogP contribution in [0.5, 0.6) is 0 Å². The summed E-state index contributed by atoms with van der Waals surface area (Å²) >= 11 is 0. The summed E-state index contributed by atoms with van der Waals surface area (Å²) in [6, 6.07) is 6.15. The molecule has 0 spiro atoms. The predicted molar refractivity (Wildman–Crippen MR) is 129 cm³/mol. The molecule has 0 radical (unpaired) electrons. The van der Waals surface area contributed by atoms with E-state index < -0.39 is 23.5 Å². The first kappa shape index (κ1) is 30.0. The van der Waals surface area contributed by atoms with Crippen LogP contribution in [-0.4, -0.2) is 49.1 Å². The minimum absolute atomic E-state index is 0.0964. The van der Waals surface area contributed by atoms with Crippen LogP contribution in [0.3, 0.4) is 0 Å². The fourth-order valence-electron chi connectivity index (χ4n) is 3.19. The van der Waals surface area contributed by atoms with E-state index in [1.54, 1.807) is 18.5 Å². The van der Waals surface area contributed by atoms with E-state index in [2.05, 4.69) is 25.5 Å². The molecule has 1 N–H and O–H groups in total. The number of aryl methyl sites for hydroxylation is 1. The molecule has 0 saturated carbocycles. The first-order chi connectivity index (χ1) is 17.2. The van der Waals surface area contributed by atoms with Crippen LogP contribution in [0.15, 0.2) is 48.8 Å². The van der Waals surface area contributed by atoms with E-state index in [9.17, 15) is 30.7 Å². The summed E-state index contributed by atoms with van der Waals surface area (Å²) in [6.07, 6.45) is -6.09. The van der Waals surface area contributed by atoms with Crippen LogP contribution in [0.25, 0.3) is 16.4 Å². The molecule has 0 aliphatic carbocycles. The number of hydrogen-bond donors (Lipinski definition) is 1. The molecule has 37 heavy (non-hydrogen) atoms. The molecule has 0 aliphatic heterocycles. The van der Waals surface area contributed by atoms with Crippen molar-refractivity contribution in [1.82, 2.24) is 14.9 Å². The Hall–Kier alpha value is -3.25. The highest BCUT2D eigenvalue weighted by molar-refractivity contribution is 5.65. The van der Waals surface area contributed by atoms with E-state index in [0.717, 1.165) is 29.8 Å². The van der Waals surface area contributed by atoms with Gasteiger partial charge in [0, 0.05) is 31.0 Å². The van der Waals surface area contributed by atoms with Crippen LogP contribution in [0.1, 0.15) is 22.3 Å². The summed E-state index contributed by atoms with van der Waals surface area (Å²) in [5, 5.41) is 6.67. The molecule has 0 aliphatic rings. The molecular formula is C25H27F7N5-. The zero-order chi connectivity index (χ0) is 27.8. The van der Waals surface area contributed by atoms with Gasteiger partial charge in [0.1, 0.15) is 5.82 Å². The summed E-state index contributed by atoms with van der Waals surface area (Å²) < 4.78 is 87.4. The molecule has 0 bridgehead atoms. The normalized spacial score (nSPS) is 11.8. The maximum Gasteiger partial charge on any atom is 0.416 e. The lowest BCUT2D eigenvalue weighted by molar-refractivity contribution is -0.143. The molecule has 0 atom stereocenters. The van der Waals surface area contributed by atoms with Gasteiger partial charge in [0.05, 0.1) is 11.1 Å². The summed E-state index contributed by atoms with van der Waals surface area (Å²) in [6.45, 7) is 3.40.